The average molecular weight is 513 g/mol. The first kappa shape index (κ1) is 24.2. The Morgan fingerprint density at radius 1 is 1.03 bits per heavy atom. The van der Waals surface area contributed by atoms with E-state index < -0.39 is 0 Å². The molecular weight excluding hydrogens is 480 g/mol. The van der Waals surface area contributed by atoms with Crippen molar-refractivity contribution in [2.24, 2.45) is 0 Å². The van der Waals surface area contributed by atoms with E-state index in [1.54, 1.807) is 41.3 Å². The standard InChI is InChI=1S/C29H32N6O3/c36-24-9-7-21(8-10-24)29(11-2-1-3-12-29)19-31-28(38)25-5-4-6-26-32-22(17-35(25)26)15-27(37)33-13-14-34-20-30-16-23(34)18-33/h4-10,16-17,20,36H,1-3,11-15,18-19H2,(H,31,38). The normalized spacial score (nSPS) is 16.8. The number of imidazole rings is 2. The van der Waals surface area contributed by atoms with E-state index in [0.29, 0.717) is 36.7 Å². The number of fused-ring (bicyclic) bond motifs is 2. The maximum absolute atomic E-state index is 13.4. The SMILES string of the molecule is O=C(NCC1(c2ccc(O)cc2)CCCCC1)c1cccc2nc(CC(=O)N3CCn4cncc4C3)cn12. The number of hydrogen-bond acceptors (Lipinski definition) is 5. The number of amides is 2. The second-order valence-electron chi connectivity index (χ2n) is 10.5. The molecule has 2 aliphatic rings. The van der Waals surface area contributed by atoms with E-state index >= 15 is 0 Å². The van der Waals surface area contributed by atoms with Gasteiger partial charge in [0.25, 0.3) is 5.91 Å². The number of pyridine rings is 1. The molecule has 1 aliphatic carbocycles. The number of nitrogens with one attached hydrogen (secondary N) is 1. The van der Waals surface area contributed by atoms with Crippen LogP contribution >= 0.6 is 0 Å². The predicted molar refractivity (Wildman–Crippen MR) is 142 cm³/mol. The third kappa shape index (κ3) is 4.64. The van der Waals surface area contributed by atoms with Crippen LogP contribution in [0.3, 0.4) is 0 Å². The van der Waals surface area contributed by atoms with E-state index in [1.165, 1.54) is 6.42 Å². The topological polar surface area (TPSA) is 105 Å². The number of phenolic OH excluding ortho intramolecular Hbond substituents is 1. The van der Waals surface area contributed by atoms with Crippen LogP contribution in [-0.2, 0) is 29.7 Å². The van der Waals surface area contributed by atoms with Gasteiger partial charge in [0.1, 0.15) is 17.1 Å². The first-order valence-corrected chi connectivity index (χ1v) is 13.3. The van der Waals surface area contributed by atoms with Crippen LogP contribution in [0.5, 0.6) is 5.75 Å². The summed E-state index contributed by atoms with van der Waals surface area (Å²) in [4.78, 5) is 37.1. The van der Waals surface area contributed by atoms with Gasteiger partial charge in [-0.15, -0.1) is 0 Å². The summed E-state index contributed by atoms with van der Waals surface area (Å²) in [6.07, 6.45) is 11.0. The van der Waals surface area contributed by atoms with E-state index in [-0.39, 0.29) is 29.4 Å². The molecule has 2 N–H and O–H groups in total. The molecule has 2 amide bonds. The van der Waals surface area contributed by atoms with Crippen molar-refractivity contribution in [3.63, 3.8) is 0 Å². The van der Waals surface area contributed by atoms with Crippen molar-refractivity contribution in [2.75, 3.05) is 13.1 Å². The molecule has 0 radical (unpaired) electrons. The summed E-state index contributed by atoms with van der Waals surface area (Å²) in [5.41, 5.74) is 3.81. The highest BCUT2D eigenvalue weighted by atomic mass is 16.3. The lowest BCUT2D eigenvalue weighted by Crippen LogP contribution is -2.42. The number of carbonyl (C=O) groups is 2. The molecule has 0 bridgehead atoms. The van der Waals surface area contributed by atoms with Crippen molar-refractivity contribution in [1.82, 2.24) is 29.2 Å². The number of carbonyl (C=O) groups excluding carboxylic acids is 2. The summed E-state index contributed by atoms with van der Waals surface area (Å²) in [5.74, 6) is 0.0932. The molecule has 1 aromatic carbocycles. The van der Waals surface area contributed by atoms with Gasteiger partial charge in [-0.1, -0.05) is 37.5 Å². The molecule has 0 unspecified atom stereocenters. The van der Waals surface area contributed by atoms with Gasteiger partial charge in [-0.3, -0.25) is 14.0 Å². The highest BCUT2D eigenvalue weighted by molar-refractivity contribution is 5.93. The van der Waals surface area contributed by atoms with Crippen LogP contribution in [-0.4, -0.2) is 53.8 Å². The zero-order valence-electron chi connectivity index (χ0n) is 21.3. The Bertz CT molecular complexity index is 1470. The van der Waals surface area contributed by atoms with Gasteiger partial charge in [0.15, 0.2) is 0 Å². The van der Waals surface area contributed by atoms with Crippen LogP contribution in [0.4, 0.5) is 0 Å². The van der Waals surface area contributed by atoms with Crippen molar-refractivity contribution >= 4 is 17.5 Å². The van der Waals surface area contributed by atoms with E-state index in [1.807, 2.05) is 29.2 Å². The fourth-order valence-electron chi connectivity index (χ4n) is 5.95. The summed E-state index contributed by atoms with van der Waals surface area (Å²) in [6.45, 7) is 2.45. The van der Waals surface area contributed by atoms with Gasteiger partial charge in [0, 0.05) is 37.4 Å². The van der Waals surface area contributed by atoms with Gasteiger partial charge in [-0.05, 0) is 42.7 Å². The number of rotatable bonds is 6. The smallest absolute Gasteiger partial charge is 0.268 e. The van der Waals surface area contributed by atoms with E-state index in [0.717, 1.165) is 43.5 Å². The monoisotopic (exact) mass is 512 g/mol. The molecule has 6 rings (SSSR count). The highest BCUT2D eigenvalue weighted by Gasteiger charge is 2.34. The van der Waals surface area contributed by atoms with Crippen LogP contribution in [0, 0.1) is 0 Å². The molecule has 9 nitrogen and oxygen atoms in total. The molecule has 3 aromatic heterocycles. The van der Waals surface area contributed by atoms with Crippen molar-refractivity contribution in [3.05, 3.63) is 83.8 Å². The predicted octanol–water partition coefficient (Wildman–Crippen LogP) is 3.45. The van der Waals surface area contributed by atoms with Crippen molar-refractivity contribution in [1.29, 1.82) is 0 Å². The van der Waals surface area contributed by atoms with Crippen LogP contribution in [0.25, 0.3) is 5.65 Å². The first-order chi connectivity index (χ1) is 18.5. The minimum Gasteiger partial charge on any atom is -0.508 e. The number of nitrogens with zero attached hydrogens (tertiary/aromatic N) is 5. The lowest BCUT2D eigenvalue weighted by molar-refractivity contribution is -0.131. The minimum absolute atomic E-state index is 0.0139. The lowest BCUT2D eigenvalue weighted by Gasteiger charge is -2.38. The zero-order valence-corrected chi connectivity index (χ0v) is 21.3. The Kier molecular flexibility index (Phi) is 6.35. The van der Waals surface area contributed by atoms with Gasteiger partial charge in [0.05, 0.1) is 30.7 Å². The summed E-state index contributed by atoms with van der Waals surface area (Å²) in [6, 6.07) is 12.9. The Hall–Kier alpha value is -4.14. The van der Waals surface area contributed by atoms with Crippen molar-refractivity contribution in [2.45, 2.75) is 57.0 Å². The largest absolute Gasteiger partial charge is 0.508 e. The molecule has 1 aliphatic heterocycles. The van der Waals surface area contributed by atoms with Crippen LogP contribution in [0.2, 0.25) is 0 Å². The molecule has 4 aromatic rings. The van der Waals surface area contributed by atoms with Crippen LogP contribution in [0.15, 0.2) is 61.2 Å². The third-order valence-electron chi connectivity index (χ3n) is 8.10. The van der Waals surface area contributed by atoms with Gasteiger partial charge in [-0.25, -0.2) is 9.97 Å². The van der Waals surface area contributed by atoms with E-state index in [4.69, 9.17) is 0 Å². The van der Waals surface area contributed by atoms with Crippen LogP contribution in [0.1, 0.15) is 59.5 Å². The maximum Gasteiger partial charge on any atom is 0.268 e. The number of benzene rings is 1. The summed E-state index contributed by atoms with van der Waals surface area (Å²) >= 11 is 0. The van der Waals surface area contributed by atoms with Crippen molar-refractivity contribution < 1.29 is 14.7 Å². The number of aromatic hydroxyl groups is 1. The number of aromatic nitrogens is 4. The molecule has 1 fully saturated rings. The van der Waals surface area contributed by atoms with Gasteiger partial charge >= 0.3 is 0 Å². The third-order valence-corrected chi connectivity index (χ3v) is 8.10. The maximum atomic E-state index is 13.4. The van der Waals surface area contributed by atoms with Gasteiger partial charge in [-0.2, -0.15) is 0 Å². The Labute approximate surface area is 221 Å². The molecule has 38 heavy (non-hydrogen) atoms. The summed E-state index contributed by atoms with van der Waals surface area (Å²) in [5, 5.41) is 13.0. The molecular formula is C29H32N6O3. The molecule has 1 saturated carbocycles. The number of phenols is 1. The Balaban J connectivity index is 1.17. The fraction of sp³-hybridized carbons (Fsp3) is 0.379. The summed E-state index contributed by atoms with van der Waals surface area (Å²) < 4.78 is 3.84. The molecule has 196 valence electrons. The lowest BCUT2D eigenvalue weighted by atomic mass is 9.69. The van der Waals surface area contributed by atoms with Gasteiger partial charge < -0.3 is 19.9 Å². The summed E-state index contributed by atoms with van der Waals surface area (Å²) in [7, 11) is 0. The minimum atomic E-state index is -0.168. The highest BCUT2D eigenvalue weighted by Crippen LogP contribution is 2.39. The molecule has 4 heterocycles. The first-order valence-electron chi connectivity index (χ1n) is 13.3. The zero-order chi connectivity index (χ0) is 26.1. The number of hydrogen-bond donors (Lipinski definition) is 2. The molecule has 9 heteroatoms. The van der Waals surface area contributed by atoms with Crippen LogP contribution < -0.4 is 5.32 Å². The quantitative estimate of drug-likeness (QED) is 0.412. The Morgan fingerprint density at radius 3 is 2.66 bits per heavy atom. The van der Waals surface area contributed by atoms with Gasteiger partial charge in [0.2, 0.25) is 5.91 Å². The molecule has 0 spiro atoms. The second kappa shape index (κ2) is 9.96. The Morgan fingerprint density at radius 2 is 1.84 bits per heavy atom. The fourth-order valence-corrected chi connectivity index (χ4v) is 5.95. The van der Waals surface area contributed by atoms with Crippen molar-refractivity contribution in [3.8, 4) is 5.75 Å². The molecule has 0 atom stereocenters. The molecule has 0 saturated heterocycles. The van der Waals surface area contributed by atoms with E-state index in [2.05, 4.69) is 19.9 Å². The second-order valence-corrected chi connectivity index (χ2v) is 10.5. The van der Waals surface area contributed by atoms with E-state index in [9.17, 15) is 14.7 Å². The average Bonchev–Trinajstić information content (AvgIpc) is 3.58.